The number of alkyl halides is 6. The van der Waals surface area contributed by atoms with E-state index in [-0.39, 0.29) is 41.5 Å². The van der Waals surface area contributed by atoms with Crippen molar-refractivity contribution in [3.05, 3.63) is 59.4 Å². The number of carboxylic acid groups (broad SMARTS) is 1. The number of terminal acetylenes is 1. The summed E-state index contributed by atoms with van der Waals surface area (Å²) in [7, 11) is -1.84. The Balaban J connectivity index is 0.00000101. The lowest BCUT2D eigenvalue weighted by Crippen LogP contribution is -2.54. The van der Waals surface area contributed by atoms with Crippen LogP contribution in [0.1, 0.15) is 57.6 Å². The van der Waals surface area contributed by atoms with Crippen molar-refractivity contribution in [2.45, 2.75) is 75.7 Å². The van der Waals surface area contributed by atoms with E-state index >= 15 is 0 Å². The Morgan fingerprint density at radius 2 is 1.60 bits per heavy atom. The molecule has 2 atom stereocenters. The van der Waals surface area contributed by atoms with Gasteiger partial charge in [0.1, 0.15) is 5.82 Å². The van der Waals surface area contributed by atoms with E-state index in [0.29, 0.717) is 24.5 Å². The summed E-state index contributed by atoms with van der Waals surface area (Å²) in [5.74, 6) is 0.205. The monoisotopic (exact) mass is 670 g/mol. The van der Waals surface area contributed by atoms with Gasteiger partial charge in [-0.25, -0.2) is 8.60 Å². The summed E-state index contributed by atoms with van der Waals surface area (Å²) in [6.45, 7) is 6.75. The van der Waals surface area contributed by atoms with E-state index in [1.165, 1.54) is 29.3 Å². The SMILES string of the molecule is C#C.CCCC(CC)CNC(C)=O.O=CO.O=S(c1ccc(F)cc1)N1CCCc2cc(C(O)(C(F)(F)F)C(F)(F)F)ccc21. The number of benzene rings is 2. The predicted octanol–water partition coefficient (Wildman–Crippen LogP) is 6.51. The first-order valence-corrected chi connectivity index (χ1v) is 14.7. The fraction of sp³-hybridized carbons (Fsp3) is 0.467. The quantitative estimate of drug-likeness (QED) is 0.169. The number of amides is 1. The van der Waals surface area contributed by atoms with Gasteiger partial charge in [-0.05, 0) is 61.1 Å². The molecule has 1 aliphatic heterocycles. The zero-order valence-electron chi connectivity index (χ0n) is 24.9. The van der Waals surface area contributed by atoms with Crippen LogP contribution in [-0.2, 0) is 32.6 Å². The van der Waals surface area contributed by atoms with Crippen LogP contribution in [0, 0.1) is 24.6 Å². The third kappa shape index (κ3) is 11.7. The zero-order chi connectivity index (χ0) is 35.0. The number of hydrogen-bond donors (Lipinski definition) is 3. The van der Waals surface area contributed by atoms with Gasteiger partial charge in [0, 0.05) is 25.6 Å². The van der Waals surface area contributed by atoms with E-state index in [0.717, 1.165) is 31.2 Å². The van der Waals surface area contributed by atoms with Crippen molar-refractivity contribution < 1.29 is 54.7 Å². The highest BCUT2D eigenvalue weighted by atomic mass is 32.2. The summed E-state index contributed by atoms with van der Waals surface area (Å²) in [6.07, 6.45) is 0.0878. The van der Waals surface area contributed by atoms with E-state index in [9.17, 15) is 44.8 Å². The predicted molar refractivity (Wildman–Crippen MR) is 157 cm³/mol. The number of rotatable bonds is 8. The molecule has 0 aliphatic carbocycles. The topological polar surface area (TPSA) is 107 Å². The molecule has 252 valence electrons. The van der Waals surface area contributed by atoms with Crippen LogP contribution in [0.3, 0.4) is 0 Å². The van der Waals surface area contributed by atoms with Crippen LogP contribution in [0.2, 0.25) is 0 Å². The lowest BCUT2D eigenvalue weighted by Gasteiger charge is -2.35. The van der Waals surface area contributed by atoms with Crippen LogP contribution in [-0.4, -0.2) is 52.2 Å². The minimum atomic E-state index is -5.98. The van der Waals surface area contributed by atoms with E-state index < -0.39 is 40.3 Å². The number of hydrogen-bond acceptors (Lipinski definition) is 4. The minimum absolute atomic E-state index is 0.0829. The molecule has 1 aliphatic rings. The molecular formula is C30H37F7N2O5S. The first kappa shape index (κ1) is 41.4. The van der Waals surface area contributed by atoms with Crippen molar-refractivity contribution in [3.63, 3.8) is 0 Å². The van der Waals surface area contributed by atoms with Gasteiger partial charge in [0.05, 0.1) is 10.6 Å². The maximum atomic E-state index is 13.1. The van der Waals surface area contributed by atoms with Crippen molar-refractivity contribution in [2.24, 2.45) is 5.92 Å². The summed E-state index contributed by atoms with van der Waals surface area (Å²) in [4.78, 5) is 19.1. The molecule has 1 heterocycles. The molecule has 15 heteroatoms. The molecule has 3 rings (SSSR count). The molecule has 1 amide bonds. The Labute approximate surface area is 260 Å². The average molecular weight is 671 g/mol. The van der Waals surface area contributed by atoms with E-state index in [2.05, 4.69) is 32.0 Å². The van der Waals surface area contributed by atoms with Crippen molar-refractivity contribution in [2.75, 3.05) is 17.4 Å². The highest BCUT2D eigenvalue weighted by molar-refractivity contribution is 7.86. The van der Waals surface area contributed by atoms with E-state index in [4.69, 9.17) is 9.90 Å². The molecule has 7 nitrogen and oxygen atoms in total. The molecule has 2 aromatic rings. The first-order chi connectivity index (χ1) is 21.0. The normalized spacial score (nSPS) is 14.0. The summed E-state index contributed by atoms with van der Waals surface area (Å²) >= 11 is 0. The van der Waals surface area contributed by atoms with Gasteiger partial charge in [-0.1, -0.05) is 38.8 Å². The van der Waals surface area contributed by atoms with Crippen molar-refractivity contribution in [1.29, 1.82) is 0 Å². The fourth-order valence-electron chi connectivity index (χ4n) is 4.27. The number of aryl methyl sites for hydroxylation is 1. The number of nitrogens with one attached hydrogen (secondary N) is 1. The second kappa shape index (κ2) is 19.0. The van der Waals surface area contributed by atoms with Gasteiger partial charge < -0.3 is 15.5 Å². The maximum absolute atomic E-state index is 13.1. The third-order valence-corrected chi connectivity index (χ3v) is 7.98. The average Bonchev–Trinajstić information content (AvgIpc) is 2.98. The standard InChI is InChI=1S/C18H14F7NO2S.C9H19NO.C2H2.CH2O2/c19-13-4-6-14(7-5-13)29(28)26-9-1-2-11-10-12(3-8-15(11)26)16(27,17(20,21)22)18(23,24)25;1-4-6-9(5-2)7-10-8(3)11;1-2;2-1-3/h3-8,10,27H,1-2,9H2;9H,4-7H2,1-3H3,(H,10,11);1-2H;1H,(H,2,3). The highest BCUT2D eigenvalue weighted by Crippen LogP contribution is 2.50. The van der Waals surface area contributed by atoms with Crippen LogP contribution in [0.4, 0.5) is 36.4 Å². The van der Waals surface area contributed by atoms with Crippen LogP contribution in [0.15, 0.2) is 47.4 Å². The second-order valence-electron chi connectivity index (χ2n) is 9.56. The summed E-state index contributed by atoms with van der Waals surface area (Å²) in [6, 6.07) is 6.89. The van der Waals surface area contributed by atoms with Gasteiger partial charge in [0.2, 0.25) is 5.91 Å². The van der Waals surface area contributed by atoms with Gasteiger partial charge >= 0.3 is 12.4 Å². The summed E-state index contributed by atoms with van der Waals surface area (Å²) < 4.78 is 106. The Morgan fingerprint density at radius 1 is 1.07 bits per heavy atom. The van der Waals surface area contributed by atoms with Gasteiger partial charge in [0.25, 0.3) is 12.1 Å². The lowest BCUT2D eigenvalue weighted by atomic mass is 9.89. The molecule has 0 aromatic heterocycles. The van der Waals surface area contributed by atoms with Crippen LogP contribution in [0.25, 0.3) is 0 Å². The van der Waals surface area contributed by atoms with Gasteiger partial charge in [-0.2, -0.15) is 26.3 Å². The summed E-state index contributed by atoms with van der Waals surface area (Å²) in [5, 5.41) is 19.3. The molecule has 0 radical (unpaired) electrons. The fourth-order valence-corrected chi connectivity index (χ4v) is 5.55. The third-order valence-electron chi connectivity index (χ3n) is 6.52. The van der Waals surface area contributed by atoms with Crippen LogP contribution >= 0.6 is 0 Å². The molecular weight excluding hydrogens is 633 g/mol. The maximum Gasteiger partial charge on any atom is 0.430 e. The van der Waals surface area contributed by atoms with E-state index in [1.807, 2.05) is 0 Å². The Morgan fingerprint density at radius 3 is 2.04 bits per heavy atom. The number of nitrogens with zero attached hydrogens (tertiary/aromatic N) is 1. The molecule has 0 saturated heterocycles. The van der Waals surface area contributed by atoms with Gasteiger partial charge in [-0.3, -0.25) is 13.9 Å². The largest absolute Gasteiger partial charge is 0.483 e. The number of anilines is 1. The van der Waals surface area contributed by atoms with Crippen molar-refractivity contribution in [3.8, 4) is 12.8 Å². The smallest absolute Gasteiger partial charge is 0.430 e. The van der Waals surface area contributed by atoms with Crippen LogP contribution < -0.4 is 9.62 Å². The van der Waals surface area contributed by atoms with Gasteiger partial charge in [-0.15, -0.1) is 12.8 Å². The number of halogens is 7. The Bertz CT molecular complexity index is 1240. The van der Waals surface area contributed by atoms with Crippen molar-refractivity contribution in [1.82, 2.24) is 5.32 Å². The van der Waals surface area contributed by atoms with Crippen LogP contribution in [0.5, 0.6) is 0 Å². The molecule has 2 unspecified atom stereocenters. The molecule has 45 heavy (non-hydrogen) atoms. The Hall–Kier alpha value is -3.64. The molecule has 0 bridgehead atoms. The van der Waals surface area contributed by atoms with Crippen molar-refractivity contribution >= 4 is 29.1 Å². The zero-order valence-corrected chi connectivity index (χ0v) is 25.7. The first-order valence-electron chi connectivity index (χ1n) is 13.6. The minimum Gasteiger partial charge on any atom is -0.483 e. The molecule has 2 aromatic carbocycles. The number of carbonyl (C=O) groups is 2. The molecule has 3 N–H and O–H groups in total. The van der Waals surface area contributed by atoms with E-state index in [1.54, 1.807) is 6.92 Å². The Kier molecular flexibility index (Phi) is 17.5. The van der Waals surface area contributed by atoms with Gasteiger partial charge in [0.15, 0.2) is 11.0 Å². The summed E-state index contributed by atoms with van der Waals surface area (Å²) in [5.41, 5.74) is -6.09. The second-order valence-corrected chi connectivity index (χ2v) is 11.0. The molecule has 0 spiro atoms. The molecule has 0 fully saturated rings. The molecule has 0 saturated carbocycles. The number of carbonyl (C=O) groups excluding carboxylic acids is 1. The highest BCUT2D eigenvalue weighted by Gasteiger charge is 2.71. The lowest BCUT2D eigenvalue weighted by molar-refractivity contribution is -0.376. The number of fused-ring (bicyclic) bond motifs is 1. The number of aliphatic hydroxyl groups is 1.